The van der Waals surface area contributed by atoms with Crippen LogP contribution in [0.4, 0.5) is 5.69 Å². The molecule has 0 atom stereocenters. The van der Waals surface area contributed by atoms with Gasteiger partial charge in [-0.25, -0.2) is 4.98 Å². The van der Waals surface area contributed by atoms with Crippen molar-refractivity contribution in [2.24, 2.45) is 0 Å². The molecule has 3 heterocycles. The average molecular weight is 359 g/mol. The fourth-order valence-corrected chi connectivity index (χ4v) is 3.03. The van der Waals surface area contributed by atoms with E-state index in [4.69, 9.17) is 4.52 Å². The number of aromatic nitrogens is 4. The number of carbonyl (C=O) groups excluding carboxylic acids is 1. The number of aryl methyl sites for hydroxylation is 1. The number of benzene rings is 1. The van der Waals surface area contributed by atoms with Crippen molar-refractivity contribution in [3.8, 4) is 11.4 Å². The van der Waals surface area contributed by atoms with Crippen molar-refractivity contribution in [3.05, 3.63) is 65.9 Å². The summed E-state index contributed by atoms with van der Waals surface area (Å²) in [6.45, 7) is 1.94. The highest BCUT2D eigenvalue weighted by molar-refractivity contribution is 6.04. The Morgan fingerprint density at radius 2 is 2.15 bits per heavy atom. The molecule has 1 N–H and O–H groups in total. The third kappa shape index (κ3) is 2.87. The van der Waals surface area contributed by atoms with E-state index in [1.54, 1.807) is 10.6 Å². The predicted octanol–water partition coefficient (Wildman–Crippen LogP) is 3.82. The topological polar surface area (TPSA) is 85.3 Å². The SMILES string of the molecule is Cc1ccc(-c2noc(C3CC3)n2)cc1NC(=O)c1cnc2ccccn12. The van der Waals surface area contributed by atoms with Crippen LogP contribution in [0.1, 0.15) is 40.7 Å². The molecular formula is C20H17N5O2. The zero-order valence-corrected chi connectivity index (χ0v) is 14.7. The van der Waals surface area contributed by atoms with Crippen molar-refractivity contribution in [2.45, 2.75) is 25.7 Å². The molecule has 27 heavy (non-hydrogen) atoms. The summed E-state index contributed by atoms with van der Waals surface area (Å²) in [5, 5.41) is 7.05. The summed E-state index contributed by atoms with van der Waals surface area (Å²) in [4.78, 5) is 21.5. The van der Waals surface area contributed by atoms with Gasteiger partial charge in [0.25, 0.3) is 5.91 Å². The Hall–Kier alpha value is -3.48. The number of pyridine rings is 1. The van der Waals surface area contributed by atoms with Crippen LogP contribution in [-0.4, -0.2) is 25.4 Å². The van der Waals surface area contributed by atoms with Gasteiger partial charge in [-0.1, -0.05) is 23.4 Å². The number of fused-ring (bicyclic) bond motifs is 1. The van der Waals surface area contributed by atoms with E-state index in [2.05, 4.69) is 20.4 Å². The number of anilines is 1. The largest absolute Gasteiger partial charge is 0.339 e. The molecule has 0 unspecified atom stereocenters. The summed E-state index contributed by atoms with van der Waals surface area (Å²) in [7, 11) is 0. The lowest BCUT2D eigenvalue weighted by molar-refractivity contribution is 0.102. The van der Waals surface area contributed by atoms with Crippen LogP contribution in [0.5, 0.6) is 0 Å². The molecule has 1 aromatic carbocycles. The summed E-state index contributed by atoms with van der Waals surface area (Å²) < 4.78 is 7.10. The number of nitrogens with zero attached hydrogens (tertiary/aromatic N) is 4. The smallest absolute Gasteiger partial charge is 0.274 e. The maximum atomic E-state index is 12.8. The minimum Gasteiger partial charge on any atom is -0.339 e. The van der Waals surface area contributed by atoms with Crippen molar-refractivity contribution in [1.29, 1.82) is 0 Å². The highest BCUT2D eigenvalue weighted by Gasteiger charge is 2.29. The normalized spacial score (nSPS) is 13.8. The molecule has 5 rings (SSSR count). The van der Waals surface area contributed by atoms with Crippen LogP contribution in [0.15, 0.2) is 53.3 Å². The molecule has 1 aliphatic carbocycles. The molecule has 0 saturated heterocycles. The molecule has 4 aromatic rings. The maximum Gasteiger partial charge on any atom is 0.274 e. The molecule has 1 amide bonds. The van der Waals surface area contributed by atoms with E-state index in [9.17, 15) is 4.79 Å². The van der Waals surface area contributed by atoms with Gasteiger partial charge in [0.2, 0.25) is 11.7 Å². The molecule has 7 heteroatoms. The Morgan fingerprint density at radius 3 is 3.00 bits per heavy atom. The van der Waals surface area contributed by atoms with E-state index in [0.29, 0.717) is 29.0 Å². The number of rotatable bonds is 4. The molecule has 7 nitrogen and oxygen atoms in total. The highest BCUT2D eigenvalue weighted by atomic mass is 16.5. The lowest BCUT2D eigenvalue weighted by Gasteiger charge is -2.09. The minimum atomic E-state index is -0.222. The Kier molecular flexibility index (Phi) is 3.53. The van der Waals surface area contributed by atoms with Crippen LogP contribution in [0.3, 0.4) is 0 Å². The molecule has 0 bridgehead atoms. The standard InChI is InChI=1S/C20H17N5O2/c1-12-5-6-14(18-23-20(27-24-18)13-7-8-13)10-15(12)22-19(26)16-11-21-17-4-2-3-9-25(16)17/h2-6,9-11,13H,7-8H2,1H3,(H,22,26). The first-order chi connectivity index (χ1) is 13.2. The van der Waals surface area contributed by atoms with Crippen LogP contribution in [-0.2, 0) is 0 Å². The number of amides is 1. The zero-order chi connectivity index (χ0) is 18.4. The number of hydrogen-bond acceptors (Lipinski definition) is 5. The quantitative estimate of drug-likeness (QED) is 0.599. The van der Waals surface area contributed by atoms with Crippen LogP contribution in [0.2, 0.25) is 0 Å². The summed E-state index contributed by atoms with van der Waals surface area (Å²) >= 11 is 0. The van der Waals surface area contributed by atoms with Crippen molar-refractivity contribution in [2.75, 3.05) is 5.32 Å². The molecule has 0 radical (unpaired) electrons. The Bertz CT molecular complexity index is 1160. The maximum absolute atomic E-state index is 12.8. The fourth-order valence-electron chi connectivity index (χ4n) is 3.03. The van der Waals surface area contributed by atoms with E-state index < -0.39 is 0 Å². The number of imidazole rings is 1. The zero-order valence-electron chi connectivity index (χ0n) is 14.7. The molecule has 0 spiro atoms. The van der Waals surface area contributed by atoms with Crippen LogP contribution in [0, 0.1) is 6.92 Å². The molecule has 1 aliphatic rings. The third-order valence-corrected chi connectivity index (χ3v) is 4.76. The molecule has 134 valence electrons. The van der Waals surface area contributed by atoms with E-state index in [1.165, 1.54) is 0 Å². The van der Waals surface area contributed by atoms with Gasteiger partial charge in [-0.3, -0.25) is 9.20 Å². The Labute approximate surface area is 155 Å². The first-order valence-corrected chi connectivity index (χ1v) is 8.87. The first kappa shape index (κ1) is 15.7. The van der Waals surface area contributed by atoms with Gasteiger partial charge in [0, 0.05) is 23.4 Å². The second-order valence-corrected chi connectivity index (χ2v) is 6.79. The molecule has 0 aliphatic heterocycles. The van der Waals surface area contributed by atoms with Gasteiger partial charge in [0.1, 0.15) is 11.3 Å². The van der Waals surface area contributed by atoms with Gasteiger partial charge in [-0.2, -0.15) is 4.98 Å². The molecule has 1 fully saturated rings. The molecular weight excluding hydrogens is 342 g/mol. The molecule has 1 saturated carbocycles. The predicted molar refractivity (Wildman–Crippen MR) is 99.6 cm³/mol. The van der Waals surface area contributed by atoms with Crippen LogP contribution >= 0.6 is 0 Å². The first-order valence-electron chi connectivity index (χ1n) is 8.87. The van der Waals surface area contributed by atoms with Crippen LogP contribution in [0.25, 0.3) is 17.0 Å². The van der Waals surface area contributed by atoms with Crippen molar-refractivity contribution in [3.63, 3.8) is 0 Å². The number of hydrogen-bond donors (Lipinski definition) is 1. The average Bonchev–Trinajstić information content (AvgIpc) is 3.25. The van der Waals surface area contributed by atoms with E-state index >= 15 is 0 Å². The lowest BCUT2D eigenvalue weighted by Crippen LogP contribution is -2.15. The Balaban J connectivity index is 1.44. The van der Waals surface area contributed by atoms with E-state index in [1.807, 2.05) is 49.5 Å². The summed E-state index contributed by atoms with van der Waals surface area (Å²) in [6.07, 6.45) is 5.61. The highest BCUT2D eigenvalue weighted by Crippen LogP contribution is 2.39. The van der Waals surface area contributed by atoms with Crippen LogP contribution < -0.4 is 5.32 Å². The van der Waals surface area contributed by atoms with Gasteiger partial charge in [0.05, 0.1) is 6.20 Å². The van der Waals surface area contributed by atoms with Gasteiger partial charge in [-0.15, -0.1) is 0 Å². The summed E-state index contributed by atoms with van der Waals surface area (Å²) in [5.74, 6) is 1.43. The second kappa shape index (κ2) is 6.05. The number of carbonyl (C=O) groups is 1. The fraction of sp³-hybridized carbons (Fsp3) is 0.200. The van der Waals surface area contributed by atoms with E-state index in [0.717, 1.165) is 29.6 Å². The van der Waals surface area contributed by atoms with Gasteiger partial charge in [0.15, 0.2) is 0 Å². The van der Waals surface area contributed by atoms with Gasteiger partial charge in [-0.05, 0) is 43.5 Å². The second-order valence-electron chi connectivity index (χ2n) is 6.79. The van der Waals surface area contributed by atoms with Crippen molar-refractivity contribution < 1.29 is 9.32 Å². The van der Waals surface area contributed by atoms with Gasteiger partial charge >= 0.3 is 0 Å². The van der Waals surface area contributed by atoms with E-state index in [-0.39, 0.29) is 5.91 Å². The van der Waals surface area contributed by atoms with Crippen molar-refractivity contribution >= 4 is 17.2 Å². The summed E-state index contributed by atoms with van der Waals surface area (Å²) in [6, 6.07) is 11.4. The number of nitrogens with one attached hydrogen (secondary N) is 1. The third-order valence-electron chi connectivity index (χ3n) is 4.76. The lowest BCUT2D eigenvalue weighted by atomic mass is 10.1. The van der Waals surface area contributed by atoms with Crippen molar-refractivity contribution in [1.82, 2.24) is 19.5 Å². The monoisotopic (exact) mass is 359 g/mol. The van der Waals surface area contributed by atoms with Gasteiger partial charge < -0.3 is 9.84 Å². The summed E-state index contributed by atoms with van der Waals surface area (Å²) in [5.41, 5.74) is 3.68. The Morgan fingerprint density at radius 1 is 1.26 bits per heavy atom. The minimum absolute atomic E-state index is 0.222. The molecule has 3 aromatic heterocycles.